The zero-order valence-electron chi connectivity index (χ0n) is 12.0. The molecule has 0 bridgehead atoms. The van der Waals surface area contributed by atoms with E-state index < -0.39 is 0 Å². The second-order valence-electron chi connectivity index (χ2n) is 4.81. The summed E-state index contributed by atoms with van der Waals surface area (Å²) in [6, 6.07) is 16.5. The highest BCUT2D eigenvalue weighted by atomic mass is 32.2. The van der Waals surface area contributed by atoms with Gasteiger partial charge in [-0.3, -0.25) is 0 Å². The summed E-state index contributed by atoms with van der Waals surface area (Å²) in [7, 11) is 0. The molecule has 1 aromatic heterocycles. The van der Waals surface area contributed by atoms with Crippen LogP contribution in [0.5, 0.6) is 0 Å². The molecule has 5 heteroatoms. The SMILES string of the molecule is CSc1ccc(Cn2nnc(-c3ccccc3C)n2)cc1. The van der Waals surface area contributed by atoms with Crippen molar-refractivity contribution in [3.05, 3.63) is 59.7 Å². The van der Waals surface area contributed by atoms with Gasteiger partial charge in [-0.2, -0.15) is 4.80 Å². The van der Waals surface area contributed by atoms with Crippen LogP contribution in [0.25, 0.3) is 11.4 Å². The average molecular weight is 296 g/mol. The maximum Gasteiger partial charge on any atom is 0.205 e. The van der Waals surface area contributed by atoms with Crippen molar-refractivity contribution in [3.8, 4) is 11.4 Å². The second-order valence-corrected chi connectivity index (χ2v) is 5.69. The molecule has 0 atom stereocenters. The molecule has 0 aliphatic carbocycles. The summed E-state index contributed by atoms with van der Waals surface area (Å²) in [6.45, 7) is 2.69. The van der Waals surface area contributed by atoms with Gasteiger partial charge in [-0.05, 0) is 41.7 Å². The first-order valence-corrected chi connectivity index (χ1v) is 7.95. The molecular weight excluding hydrogens is 280 g/mol. The summed E-state index contributed by atoms with van der Waals surface area (Å²) >= 11 is 1.74. The Balaban J connectivity index is 1.80. The van der Waals surface area contributed by atoms with Crippen molar-refractivity contribution in [2.24, 2.45) is 0 Å². The predicted octanol–water partition coefficient (Wildman–Crippen LogP) is 3.42. The van der Waals surface area contributed by atoms with E-state index in [9.17, 15) is 0 Å². The predicted molar refractivity (Wildman–Crippen MR) is 85.3 cm³/mol. The number of nitrogens with zero attached hydrogens (tertiary/aromatic N) is 4. The Morgan fingerprint density at radius 1 is 1.05 bits per heavy atom. The van der Waals surface area contributed by atoms with Crippen LogP contribution in [0.2, 0.25) is 0 Å². The molecule has 0 fully saturated rings. The van der Waals surface area contributed by atoms with Crippen molar-refractivity contribution in [1.29, 1.82) is 0 Å². The Hall–Kier alpha value is -2.14. The van der Waals surface area contributed by atoms with Gasteiger partial charge < -0.3 is 0 Å². The lowest BCUT2D eigenvalue weighted by atomic mass is 10.1. The lowest BCUT2D eigenvalue weighted by Crippen LogP contribution is -2.03. The molecule has 0 amide bonds. The van der Waals surface area contributed by atoms with Crippen LogP contribution in [0.4, 0.5) is 0 Å². The minimum Gasteiger partial charge on any atom is -0.159 e. The maximum atomic E-state index is 4.47. The third-order valence-electron chi connectivity index (χ3n) is 3.32. The van der Waals surface area contributed by atoms with Crippen LogP contribution in [0.3, 0.4) is 0 Å². The van der Waals surface area contributed by atoms with Gasteiger partial charge >= 0.3 is 0 Å². The first kappa shape index (κ1) is 13.8. The smallest absolute Gasteiger partial charge is 0.159 e. The number of aromatic nitrogens is 4. The first-order valence-electron chi connectivity index (χ1n) is 6.73. The molecule has 21 heavy (non-hydrogen) atoms. The molecule has 3 aromatic rings. The number of rotatable bonds is 4. The summed E-state index contributed by atoms with van der Waals surface area (Å²) in [5.41, 5.74) is 3.35. The van der Waals surface area contributed by atoms with Crippen molar-refractivity contribution >= 4 is 11.8 Å². The van der Waals surface area contributed by atoms with Gasteiger partial charge in [0.2, 0.25) is 5.82 Å². The van der Waals surface area contributed by atoms with Crippen LogP contribution in [0, 0.1) is 6.92 Å². The summed E-state index contributed by atoms with van der Waals surface area (Å²) in [5.74, 6) is 0.675. The number of aryl methyl sites for hydroxylation is 1. The van der Waals surface area contributed by atoms with Crippen molar-refractivity contribution in [2.75, 3.05) is 6.26 Å². The molecule has 106 valence electrons. The Kier molecular flexibility index (Phi) is 4.01. The van der Waals surface area contributed by atoms with Crippen LogP contribution >= 0.6 is 11.8 Å². The highest BCUT2D eigenvalue weighted by molar-refractivity contribution is 7.98. The Labute approximate surface area is 128 Å². The van der Waals surface area contributed by atoms with Gasteiger partial charge in [0.15, 0.2) is 0 Å². The molecule has 0 aliphatic heterocycles. The van der Waals surface area contributed by atoms with E-state index in [0.717, 1.165) is 11.1 Å². The monoisotopic (exact) mass is 296 g/mol. The molecule has 2 aromatic carbocycles. The Morgan fingerprint density at radius 3 is 2.52 bits per heavy atom. The minimum absolute atomic E-state index is 0.632. The minimum atomic E-state index is 0.632. The Bertz CT molecular complexity index is 734. The van der Waals surface area contributed by atoms with E-state index in [1.807, 2.05) is 18.2 Å². The lowest BCUT2D eigenvalue weighted by molar-refractivity contribution is 0.572. The van der Waals surface area contributed by atoms with Crippen molar-refractivity contribution in [3.63, 3.8) is 0 Å². The fraction of sp³-hybridized carbons (Fsp3) is 0.188. The molecule has 3 rings (SSSR count). The molecule has 0 spiro atoms. The molecule has 0 saturated heterocycles. The summed E-state index contributed by atoms with van der Waals surface area (Å²) < 4.78 is 0. The van der Waals surface area contributed by atoms with Crippen molar-refractivity contribution < 1.29 is 0 Å². The van der Waals surface area contributed by atoms with Gasteiger partial charge in [0.25, 0.3) is 0 Å². The van der Waals surface area contributed by atoms with Gasteiger partial charge in [-0.1, -0.05) is 36.4 Å². The lowest BCUT2D eigenvalue weighted by Gasteiger charge is -2.01. The maximum absolute atomic E-state index is 4.47. The highest BCUT2D eigenvalue weighted by Gasteiger charge is 2.08. The Morgan fingerprint density at radius 2 is 1.81 bits per heavy atom. The molecule has 0 aliphatic rings. The standard InChI is InChI=1S/C16H16N4S/c1-12-5-3-4-6-15(12)16-17-19-20(18-16)11-13-7-9-14(21-2)10-8-13/h3-10H,11H2,1-2H3. The van der Waals surface area contributed by atoms with Crippen LogP contribution in [-0.4, -0.2) is 26.5 Å². The largest absolute Gasteiger partial charge is 0.205 e. The van der Waals surface area contributed by atoms with E-state index in [-0.39, 0.29) is 0 Å². The van der Waals surface area contributed by atoms with Crippen molar-refractivity contribution in [2.45, 2.75) is 18.4 Å². The van der Waals surface area contributed by atoms with E-state index in [0.29, 0.717) is 12.4 Å². The van der Waals surface area contributed by atoms with Crippen molar-refractivity contribution in [1.82, 2.24) is 20.2 Å². The molecule has 0 radical (unpaired) electrons. The zero-order valence-corrected chi connectivity index (χ0v) is 12.8. The normalized spacial score (nSPS) is 10.8. The molecule has 4 nitrogen and oxygen atoms in total. The molecular formula is C16H16N4S. The highest BCUT2D eigenvalue weighted by Crippen LogP contribution is 2.18. The topological polar surface area (TPSA) is 43.6 Å². The number of hydrogen-bond acceptors (Lipinski definition) is 4. The third-order valence-corrected chi connectivity index (χ3v) is 4.07. The fourth-order valence-corrected chi connectivity index (χ4v) is 2.54. The number of benzene rings is 2. The summed E-state index contributed by atoms with van der Waals surface area (Å²) in [6.07, 6.45) is 2.07. The quantitative estimate of drug-likeness (QED) is 0.692. The molecule has 1 heterocycles. The van der Waals surface area contributed by atoms with Crippen LogP contribution in [0.15, 0.2) is 53.4 Å². The van der Waals surface area contributed by atoms with Gasteiger partial charge in [0, 0.05) is 10.5 Å². The van der Waals surface area contributed by atoms with Crippen LogP contribution < -0.4 is 0 Å². The molecule has 0 saturated carbocycles. The van der Waals surface area contributed by atoms with Crippen LogP contribution in [0.1, 0.15) is 11.1 Å². The van der Waals surface area contributed by atoms with Gasteiger partial charge in [-0.15, -0.1) is 22.0 Å². The fourth-order valence-electron chi connectivity index (χ4n) is 2.14. The number of thioether (sulfide) groups is 1. The van der Waals surface area contributed by atoms with Crippen LogP contribution in [-0.2, 0) is 6.54 Å². The molecule has 0 unspecified atom stereocenters. The zero-order chi connectivity index (χ0) is 14.7. The number of hydrogen-bond donors (Lipinski definition) is 0. The van der Waals surface area contributed by atoms with E-state index in [1.54, 1.807) is 16.6 Å². The molecule has 0 N–H and O–H groups in total. The van der Waals surface area contributed by atoms with E-state index in [1.165, 1.54) is 10.5 Å². The second kappa shape index (κ2) is 6.10. The van der Waals surface area contributed by atoms with E-state index >= 15 is 0 Å². The summed E-state index contributed by atoms with van der Waals surface area (Å²) in [4.78, 5) is 2.89. The van der Waals surface area contributed by atoms with Gasteiger partial charge in [0.1, 0.15) is 0 Å². The summed E-state index contributed by atoms with van der Waals surface area (Å²) in [5, 5.41) is 12.8. The van der Waals surface area contributed by atoms with E-state index in [2.05, 4.69) is 58.9 Å². The first-order chi connectivity index (χ1) is 10.3. The average Bonchev–Trinajstić information content (AvgIpc) is 2.97. The van der Waals surface area contributed by atoms with Gasteiger partial charge in [0.05, 0.1) is 6.54 Å². The number of tetrazole rings is 1. The third kappa shape index (κ3) is 3.13. The van der Waals surface area contributed by atoms with E-state index in [4.69, 9.17) is 0 Å². The van der Waals surface area contributed by atoms with Gasteiger partial charge in [-0.25, -0.2) is 0 Å².